The van der Waals surface area contributed by atoms with Gasteiger partial charge in [0.05, 0.1) is 11.3 Å². The normalized spacial score (nSPS) is 13.3. The summed E-state index contributed by atoms with van der Waals surface area (Å²) in [5.41, 5.74) is 11.3. The van der Waals surface area contributed by atoms with Gasteiger partial charge in [-0.1, -0.05) is 18.2 Å². The summed E-state index contributed by atoms with van der Waals surface area (Å²) < 4.78 is 6.08. The summed E-state index contributed by atoms with van der Waals surface area (Å²) in [5, 5.41) is 0. The molecule has 1 aromatic carbocycles. The van der Waals surface area contributed by atoms with Crippen LogP contribution < -0.4 is 10.5 Å². The lowest BCUT2D eigenvalue weighted by atomic mass is 9.99. The van der Waals surface area contributed by atoms with Gasteiger partial charge in [-0.2, -0.15) is 0 Å². The topological polar surface area (TPSA) is 94.2 Å². The summed E-state index contributed by atoms with van der Waals surface area (Å²) in [7, 11) is 0. The molecule has 0 saturated carbocycles. The highest BCUT2D eigenvalue weighted by atomic mass is 16.5. The molecule has 0 aliphatic carbocycles. The van der Waals surface area contributed by atoms with Crippen molar-refractivity contribution in [2.24, 2.45) is 5.73 Å². The standard InChI is InChI=1S/C27H25N5O2/c28-27(33)24-7-8-26(31-25(24)13-19-3-1-10-29-15-19)34-23-6-5-22-18-32(12-9-21(22)14-23)17-20-4-2-11-30-16-20/h1-8,10-11,14-16H,9,12-13,17-18H2,(H2,28,33). The van der Waals surface area contributed by atoms with Crippen molar-refractivity contribution in [2.75, 3.05) is 6.54 Å². The van der Waals surface area contributed by atoms with E-state index in [-0.39, 0.29) is 0 Å². The first kappa shape index (κ1) is 21.7. The van der Waals surface area contributed by atoms with Crippen LogP contribution >= 0.6 is 0 Å². The van der Waals surface area contributed by atoms with Crippen molar-refractivity contribution in [1.82, 2.24) is 19.9 Å². The Morgan fingerprint density at radius 2 is 1.76 bits per heavy atom. The van der Waals surface area contributed by atoms with Gasteiger partial charge in [-0.05, 0) is 59.0 Å². The molecular formula is C27H25N5O2. The van der Waals surface area contributed by atoms with Gasteiger partial charge in [0.2, 0.25) is 5.88 Å². The molecule has 4 aromatic rings. The second-order valence-electron chi connectivity index (χ2n) is 8.40. The van der Waals surface area contributed by atoms with Gasteiger partial charge in [0, 0.05) is 56.9 Å². The van der Waals surface area contributed by atoms with Gasteiger partial charge in [-0.15, -0.1) is 0 Å². The number of fused-ring (bicyclic) bond motifs is 1. The Morgan fingerprint density at radius 1 is 0.971 bits per heavy atom. The number of ether oxygens (including phenoxy) is 1. The second-order valence-corrected chi connectivity index (χ2v) is 8.40. The number of nitrogens with two attached hydrogens (primary N) is 1. The molecule has 0 atom stereocenters. The van der Waals surface area contributed by atoms with Crippen LogP contribution in [0.4, 0.5) is 0 Å². The number of pyridine rings is 3. The van der Waals surface area contributed by atoms with Gasteiger partial charge in [0.15, 0.2) is 0 Å². The van der Waals surface area contributed by atoms with E-state index in [4.69, 9.17) is 10.5 Å². The summed E-state index contributed by atoms with van der Waals surface area (Å²) in [6.45, 7) is 2.76. The van der Waals surface area contributed by atoms with Gasteiger partial charge < -0.3 is 10.5 Å². The maximum atomic E-state index is 11.9. The number of amides is 1. The molecule has 0 bridgehead atoms. The van der Waals surface area contributed by atoms with Crippen LogP contribution in [0.3, 0.4) is 0 Å². The first-order valence-corrected chi connectivity index (χ1v) is 11.2. The highest BCUT2D eigenvalue weighted by Crippen LogP contribution is 2.28. The maximum Gasteiger partial charge on any atom is 0.250 e. The van der Waals surface area contributed by atoms with E-state index in [1.165, 1.54) is 16.7 Å². The molecular weight excluding hydrogens is 426 g/mol. The lowest BCUT2D eigenvalue weighted by molar-refractivity contribution is 0.0999. The zero-order valence-corrected chi connectivity index (χ0v) is 18.7. The fourth-order valence-corrected chi connectivity index (χ4v) is 4.25. The molecule has 7 nitrogen and oxygen atoms in total. The van der Waals surface area contributed by atoms with Crippen LogP contribution in [0.1, 0.15) is 38.3 Å². The fourth-order valence-electron chi connectivity index (χ4n) is 4.25. The van der Waals surface area contributed by atoms with Gasteiger partial charge >= 0.3 is 0 Å². The Labute approximate surface area is 198 Å². The minimum Gasteiger partial charge on any atom is -0.439 e. The third kappa shape index (κ3) is 5.10. The average Bonchev–Trinajstić information content (AvgIpc) is 2.85. The molecule has 0 fully saturated rings. The van der Waals surface area contributed by atoms with Gasteiger partial charge in [-0.25, -0.2) is 4.98 Å². The highest BCUT2D eigenvalue weighted by Gasteiger charge is 2.18. The van der Waals surface area contributed by atoms with E-state index in [2.05, 4.69) is 38.1 Å². The lowest BCUT2D eigenvalue weighted by Crippen LogP contribution is -2.30. The molecule has 0 radical (unpaired) electrons. The van der Waals surface area contributed by atoms with E-state index in [0.29, 0.717) is 23.6 Å². The molecule has 5 rings (SSSR count). The van der Waals surface area contributed by atoms with Gasteiger partial charge in [0.25, 0.3) is 5.91 Å². The van der Waals surface area contributed by atoms with Crippen molar-refractivity contribution < 1.29 is 9.53 Å². The summed E-state index contributed by atoms with van der Waals surface area (Å²) in [5.74, 6) is 0.645. The predicted molar refractivity (Wildman–Crippen MR) is 128 cm³/mol. The van der Waals surface area contributed by atoms with E-state index in [0.717, 1.165) is 37.4 Å². The van der Waals surface area contributed by atoms with Crippen molar-refractivity contribution >= 4 is 5.91 Å². The Balaban J connectivity index is 1.31. The molecule has 170 valence electrons. The van der Waals surface area contributed by atoms with Crippen molar-refractivity contribution in [2.45, 2.75) is 25.9 Å². The van der Waals surface area contributed by atoms with Crippen LogP contribution in [0.2, 0.25) is 0 Å². The molecule has 4 heterocycles. The first-order valence-electron chi connectivity index (χ1n) is 11.2. The second kappa shape index (κ2) is 9.80. The van der Waals surface area contributed by atoms with Crippen LogP contribution in [0.15, 0.2) is 79.4 Å². The van der Waals surface area contributed by atoms with Crippen LogP contribution in [0, 0.1) is 0 Å². The number of carbonyl (C=O) groups excluding carboxylic acids is 1. The SMILES string of the molecule is NC(=O)c1ccc(Oc2ccc3c(c2)CCN(Cc2cccnc2)C3)nc1Cc1cccnc1. The quantitative estimate of drug-likeness (QED) is 0.458. The number of rotatable bonds is 7. The van der Waals surface area contributed by atoms with Crippen molar-refractivity contribution in [3.8, 4) is 11.6 Å². The Morgan fingerprint density at radius 3 is 2.50 bits per heavy atom. The van der Waals surface area contributed by atoms with Crippen LogP contribution in [-0.4, -0.2) is 32.3 Å². The van der Waals surface area contributed by atoms with Crippen molar-refractivity contribution in [1.29, 1.82) is 0 Å². The fraction of sp³-hybridized carbons (Fsp3) is 0.185. The minimum atomic E-state index is -0.512. The number of benzene rings is 1. The first-order chi connectivity index (χ1) is 16.6. The predicted octanol–water partition coefficient (Wildman–Crippen LogP) is 3.91. The zero-order chi connectivity index (χ0) is 23.3. The smallest absolute Gasteiger partial charge is 0.250 e. The molecule has 1 amide bonds. The third-order valence-electron chi connectivity index (χ3n) is 5.93. The monoisotopic (exact) mass is 451 g/mol. The zero-order valence-electron chi connectivity index (χ0n) is 18.7. The Kier molecular flexibility index (Phi) is 6.27. The number of primary amides is 1. The van der Waals surface area contributed by atoms with Crippen LogP contribution in [-0.2, 0) is 25.9 Å². The van der Waals surface area contributed by atoms with Crippen LogP contribution in [0.5, 0.6) is 11.6 Å². The average molecular weight is 452 g/mol. The molecule has 0 spiro atoms. The van der Waals surface area contributed by atoms with E-state index in [9.17, 15) is 4.79 Å². The molecule has 34 heavy (non-hydrogen) atoms. The third-order valence-corrected chi connectivity index (χ3v) is 5.93. The Bertz CT molecular complexity index is 1300. The van der Waals surface area contributed by atoms with Crippen LogP contribution in [0.25, 0.3) is 0 Å². The summed E-state index contributed by atoms with van der Waals surface area (Å²) in [6.07, 6.45) is 8.58. The van der Waals surface area contributed by atoms with Crippen molar-refractivity contribution in [3.63, 3.8) is 0 Å². The molecule has 0 unspecified atom stereocenters. The summed E-state index contributed by atoms with van der Waals surface area (Å²) >= 11 is 0. The lowest BCUT2D eigenvalue weighted by Gasteiger charge is -2.29. The van der Waals surface area contributed by atoms with Gasteiger partial charge in [0.1, 0.15) is 5.75 Å². The molecule has 0 saturated heterocycles. The largest absolute Gasteiger partial charge is 0.439 e. The molecule has 1 aliphatic heterocycles. The van der Waals surface area contributed by atoms with E-state index in [1.807, 2.05) is 30.5 Å². The minimum absolute atomic E-state index is 0.385. The molecule has 7 heteroatoms. The van der Waals surface area contributed by atoms with E-state index < -0.39 is 5.91 Å². The van der Waals surface area contributed by atoms with Gasteiger partial charge in [-0.3, -0.25) is 19.7 Å². The van der Waals surface area contributed by atoms with Crippen molar-refractivity contribution in [3.05, 3.63) is 113 Å². The molecule has 2 N–H and O–H groups in total. The molecule has 1 aliphatic rings. The number of nitrogens with zero attached hydrogens (tertiary/aromatic N) is 4. The number of hydrogen-bond acceptors (Lipinski definition) is 6. The number of aromatic nitrogens is 3. The van der Waals surface area contributed by atoms with E-state index in [1.54, 1.807) is 30.7 Å². The highest BCUT2D eigenvalue weighted by molar-refractivity contribution is 5.94. The number of carbonyl (C=O) groups is 1. The summed E-state index contributed by atoms with van der Waals surface area (Å²) in [4.78, 5) is 27.3. The number of hydrogen-bond donors (Lipinski definition) is 1. The maximum absolute atomic E-state index is 11.9. The van der Waals surface area contributed by atoms with E-state index >= 15 is 0 Å². The summed E-state index contributed by atoms with van der Waals surface area (Å²) in [6, 6.07) is 17.4. The molecule has 3 aromatic heterocycles. The Hall–Kier alpha value is -4.10.